The summed E-state index contributed by atoms with van der Waals surface area (Å²) < 4.78 is 5.15. The molecule has 0 fully saturated rings. The number of aliphatic carboxylic acids is 1. The van der Waals surface area contributed by atoms with Gasteiger partial charge in [0, 0.05) is 12.1 Å². The topological polar surface area (TPSA) is 75.6 Å². The molecule has 0 spiro atoms. The van der Waals surface area contributed by atoms with Gasteiger partial charge in [0.1, 0.15) is 5.75 Å². The van der Waals surface area contributed by atoms with Crippen molar-refractivity contribution in [3.63, 3.8) is 0 Å². The van der Waals surface area contributed by atoms with Crippen LogP contribution >= 0.6 is 0 Å². The van der Waals surface area contributed by atoms with Gasteiger partial charge >= 0.3 is 5.97 Å². The third kappa shape index (κ3) is 5.35. The van der Waals surface area contributed by atoms with E-state index in [1.165, 1.54) is 0 Å². The highest BCUT2D eigenvalue weighted by Gasteiger charge is 2.22. The Kier molecular flexibility index (Phi) is 6.17. The molecule has 5 heteroatoms. The highest BCUT2D eigenvalue weighted by Crippen LogP contribution is 2.20. The van der Waals surface area contributed by atoms with Crippen molar-refractivity contribution in [2.24, 2.45) is 5.92 Å². The molecule has 2 aromatic rings. The zero-order valence-electron chi connectivity index (χ0n) is 14.7. The molecule has 0 radical (unpaired) electrons. The minimum absolute atomic E-state index is 0.0834. The molecule has 0 saturated carbocycles. The Labute approximate surface area is 147 Å². The largest absolute Gasteiger partial charge is 0.497 e. The van der Waals surface area contributed by atoms with Crippen LogP contribution in [0.1, 0.15) is 23.1 Å². The summed E-state index contributed by atoms with van der Waals surface area (Å²) in [6, 6.07) is 13.0. The first kappa shape index (κ1) is 18.5. The SMILES string of the molecule is COc1cccc(C[C@@H](CC(=O)Nc2cc(C)ccc2C)C(=O)O)c1. The van der Waals surface area contributed by atoms with Crippen molar-refractivity contribution >= 4 is 17.6 Å². The standard InChI is InChI=1S/C20H23NO4/c1-13-7-8-14(2)18(9-13)21-19(22)12-16(20(23)24)10-15-5-4-6-17(11-15)25-3/h4-9,11,16H,10,12H2,1-3H3,(H,21,22)(H,23,24)/t16-/m0/s1. The zero-order chi connectivity index (χ0) is 18.4. The van der Waals surface area contributed by atoms with E-state index in [2.05, 4.69) is 5.32 Å². The highest BCUT2D eigenvalue weighted by molar-refractivity contribution is 5.93. The van der Waals surface area contributed by atoms with Crippen LogP contribution < -0.4 is 10.1 Å². The molecule has 2 N–H and O–H groups in total. The Morgan fingerprint density at radius 1 is 1.16 bits per heavy atom. The molecule has 0 aliphatic heterocycles. The first-order valence-corrected chi connectivity index (χ1v) is 8.12. The Hall–Kier alpha value is -2.82. The van der Waals surface area contributed by atoms with E-state index in [9.17, 15) is 14.7 Å². The second kappa shape index (κ2) is 8.33. The molecule has 5 nitrogen and oxygen atoms in total. The number of ether oxygens (including phenoxy) is 1. The van der Waals surface area contributed by atoms with Crippen molar-refractivity contribution in [2.75, 3.05) is 12.4 Å². The quantitative estimate of drug-likeness (QED) is 0.807. The molecular weight excluding hydrogens is 318 g/mol. The number of carboxylic acids is 1. The maximum Gasteiger partial charge on any atom is 0.307 e. The van der Waals surface area contributed by atoms with Crippen molar-refractivity contribution in [3.05, 3.63) is 59.2 Å². The van der Waals surface area contributed by atoms with Crippen LogP contribution in [0.15, 0.2) is 42.5 Å². The monoisotopic (exact) mass is 341 g/mol. The lowest BCUT2D eigenvalue weighted by molar-refractivity contribution is -0.143. The third-order valence-electron chi connectivity index (χ3n) is 4.06. The predicted octanol–water partition coefficient (Wildman–Crippen LogP) is 3.58. The number of rotatable bonds is 7. The van der Waals surface area contributed by atoms with Gasteiger partial charge in [0.25, 0.3) is 0 Å². The van der Waals surface area contributed by atoms with Gasteiger partial charge in [-0.3, -0.25) is 9.59 Å². The lowest BCUT2D eigenvalue weighted by atomic mass is 9.95. The van der Waals surface area contributed by atoms with Crippen LogP contribution in [0.2, 0.25) is 0 Å². The minimum Gasteiger partial charge on any atom is -0.497 e. The van der Waals surface area contributed by atoms with Crippen molar-refractivity contribution in [2.45, 2.75) is 26.7 Å². The molecule has 0 saturated heterocycles. The molecule has 0 heterocycles. The van der Waals surface area contributed by atoms with Crippen LogP contribution in [0.4, 0.5) is 5.69 Å². The average molecular weight is 341 g/mol. The fourth-order valence-electron chi connectivity index (χ4n) is 2.63. The number of carbonyl (C=O) groups is 2. The van der Waals surface area contributed by atoms with E-state index in [4.69, 9.17) is 4.74 Å². The number of anilines is 1. The van der Waals surface area contributed by atoms with Crippen LogP contribution in [-0.2, 0) is 16.0 Å². The molecule has 1 amide bonds. The fourth-order valence-corrected chi connectivity index (χ4v) is 2.63. The Bertz CT molecular complexity index is 770. The number of carboxylic acid groups (broad SMARTS) is 1. The summed E-state index contributed by atoms with van der Waals surface area (Å²) in [6.07, 6.45) is 0.187. The van der Waals surface area contributed by atoms with Crippen LogP contribution in [0.3, 0.4) is 0 Å². The first-order chi connectivity index (χ1) is 11.9. The van der Waals surface area contributed by atoms with Gasteiger partial charge in [0.15, 0.2) is 0 Å². The maximum absolute atomic E-state index is 12.3. The Morgan fingerprint density at radius 2 is 1.92 bits per heavy atom. The highest BCUT2D eigenvalue weighted by atomic mass is 16.5. The van der Waals surface area contributed by atoms with Crippen LogP contribution in [-0.4, -0.2) is 24.1 Å². The molecule has 25 heavy (non-hydrogen) atoms. The normalized spacial score (nSPS) is 11.6. The summed E-state index contributed by atoms with van der Waals surface area (Å²) in [7, 11) is 1.56. The van der Waals surface area contributed by atoms with E-state index in [0.717, 1.165) is 22.4 Å². The lowest BCUT2D eigenvalue weighted by Gasteiger charge is -2.14. The van der Waals surface area contributed by atoms with Gasteiger partial charge in [0.2, 0.25) is 5.91 Å². The average Bonchev–Trinajstić information content (AvgIpc) is 2.57. The van der Waals surface area contributed by atoms with Crippen molar-refractivity contribution < 1.29 is 19.4 Å². The van der Waals surface area contributed by atoms with E-state index in [0.29, 0.717) is 5.75 Å². The predicted molar refractivity (Wildman–Crippen MR) is 97.0 cm³/mol. The van der Waals surface area contributed by atoms with Crippen molar-refractivity contribution in [1.82, 2.24) is 0 Å². The summed E-state index contributed by atoms with van der Waals surface area (Å²) in [5, 5.41) is 12.3. The summed E-state index contributed by atoms with van der Waals surface area (Å²) in [6.45, 7) is 3.85. The number of nitrogens with one attached hydrogen (secondary N) is 1. The summed E-state index contributed by atoms with van der Waals surface area (Å²) in [5.74, 6) is -1.42. The second-order valence-corrected chi connectivity index (χ2v) is 6.16. The zero-order valence-corrected chi connectivity index (χ0v) is 14.7. The van der Waals surface area contributed by atoms with Crippen LogP contribution in [0.25, 0.3) is 0 Å². The van der Waals surface area contributed by atoms with Gasteiger partial charge in [0.05, 0.1) is 13.0 Å². The van der Waals surface area contributed by atoms with E-state index in [1.807, 2.05) is 44.2 Å². The van der Waals surface area contributed by atoms with E-state index >= 15 is 0 Å². The van der Waals surface area contributed by atoms with Crippen LogP contribution in [0.5, 0.6) is 5.75 Å². The summed E-state index contributed by atoms with van der Waals surface area (Å²) in [5.41, 5.74) is 3.52. The van der Waals surface area contributed by atoms with Crippen molar-refractivity contribution in [3.8, 4) is 5.75 Å². The molecule has 2 rings (SSSR count). The Morgan fingerprint density at radius 3 is 2.60 bits per heavy atom. The second-order valence-electron chi connectivity index (χ2n) is 6.16. The molecular formula is C20H23NO4. The fraction of sp³-hybridized carbons (Fsp3) is 0.300. The molecule has 0 aromatic heterocycles. The number of methoxy groups -OCH3 is 1. The number of benzene rings is 2. The maximum atomic E-state index is 12.3. The summed E-state index contributed by atoms with van der Waals surface area (Å²) in [4.78, 5) is 23.9. The van der Waals surface area contributed by atoms with Gasteiger partial charge < -0.3 is 15.2 Å². The molecule has 0 aliphatic carbocycles. The Balaban J connectivity index is 2.06. The third-order valence-corrected chi connectivity index (χ3v) is 4.06. The summed E-state index contributed by atoms with van der Waals surface area (Å²) >= 11 is 0. The minimum atomic E-state index is -0.987. The number of hydrogen-bond donors (Lipinski definition) is 2. The number of aryl methyl sites for hydroxylation is 2. The molecule has 132 valence electrons. The van der Waals surface area contributed by atoms with E-state index < -0.39 is 11.9 Å². The first-order valence-electron chi connectivity index (χ1n) is 8.12. The van der Waals surface area contributed by atoms with Gasteiger partial charge in [-0.25, -0.2) is 0 Å². The van der Waals surface area contributed by atoms with Crippen LogP contribution in [0, 0.1) is 19.8 Å². The number of amides is 1. The van der Waals surface area contributed by atoms with Gasteiger partial charge in [-0.15, -0.1) is 0 Å². The molecule has 0 bridgehead atoms. The van der Waals surface area contributed by atoms with Crippen molar-refractivity contribution in [1.29, 1.82) is 0 Å². The van der Waals surface area contributed by atoms with E-state index in [-0.39, 0.29) is 18.7 Å². The number of hydrogen-bond acceptors (Lipinski definition) is 3. The molecule has 0 aliphatic rings. The number of carbonyl (C=O) groups excluding carboxylic acids is 1. The van der Waals surface area contributed by atoms with Gasteiger partial charge in [-0.2, -0.15) is 0 Å². The van der Waals surface area contributed by atoms with Gasteiger partial charge in [-0.1, -0.05) is 24.3 Å². The smallest absolute Gasteiger partial charge is 0.307 e. The van der Waals surface area contributed by atoms with Gasteiger partial charge in [-0.05, 0) is 55.2 Å². The lowest BCUT2D eigenvalue weighted by Crippen LogP contribution is -2.24. The molecule has 1 atom stereocenters. The molecule has 2 aromatic carbocycles. The molecule has 0 unspecified atom stereocenters. The van der Waals surface area contributed by atoms with E-state index in [1.54, 1.807) is 19.2 Å².